The average molecular weight is 355 g/mol. The summed E-state index contributed by atoms with van der Waals surface area (Å²) in [6, 6.07) is 15.8. The van der Waals surface area contributed by atoms with Gasteiger partial charge in [-0.2, -0.15) is 12.6 Å². The molecule has 0 unspecified atom stereocenters. The quantitative estimate of drug-likeness (QED) is 0.460. The lowest BCUT2D eigenvalue weighted by molar-refractivity contribution is 1.13. The summed E-state index contributed by atoms with van der Waals surface area (Å²) < 4.78 is 0. The molecular formula is C17H16Cl2S2. The second kappa shape index (κ2) is 8.79. The number of hydrogen-bond donors (Lipinski definition) is 1. The summed E-state index contributed by atoms with van der Waals surface area (Å²) in [4.78, 5) is 0. The van der Waals surface area contributed by atoms with Crippen molar-refractivity contribution in [3.8, 4) is 0 Å². The van der Waals surface area contributed by atoms with Crippen molar-refractivity contribution in [3.63, 3.8) is 0 Å². The second-order valence-corrected chi connectivity index (χ2v) is 6.79. The maximum absolute atomic E-state index is 5.98. The van der Waals surface area contributed by atoms with E-state index in [9.17, 15) is 0 Å². The number of thiol groups is 1. The number of thioether (sulfide) groups is 1. The standard InChI is InChI=1S/C17H16Cl2S2/c18-15-6-2-13(3-7-15)17(12-21-11-1-10-20)14-4-8-16(19)9-5-14/h2-9,12,20H,1,10-11H2. The highest BCUT2D eigenvalue weighted by Gasteiger charge is 2.05. The molecule has 0 aliphatic carbocycles. The van der Waals surface area contributed by atoms with Crippen LogP contribution in [-0.4, -0.2) is 11.5 Å². The van der Waals surface area contributed by atoms with E-state index in [1.165, 1.54) is 5.57 Å². The minimum absolute atomic E-state index is 0.747. The summed E-state index contributed by atoms with van der Waals surface area (Å²) in [5, 5.41) is 3.70. The van der Waals surface area contributed by atoms with Gasteiger partial charge in [0.1, 0.15) is 0 Å². The Hall–Kier alpha value is -0.540. The molecule has 110 valence electrons. The fourth-order valence-electron chi connectivity index (χ4n) is 1.85. The van der Waals surface area contributed by atoms with Gasteiger partial charge in [0.25, 0.3) is 0 Å². The maximum atomic E-state index is 5.98. The molecule has 4 heteroatoms. The lowest BCUT2D eigenvalue weighted by atomic mass is 10.00. The Morgan fingerprint density at radius 1 is 0.905 bits per heavy atom. The summed E-state index contributed by atoms with van der Waals surface area (Å²) in [5.41, 5.74) is 3.49. The van der Waals surface area contributed by atoms with Crippen molar-refractivity contribution in [1.29, 1.82) is 0 Å². The highest BCUT2D eigenvalue weighted by atomic mass is 35.5. The van der Waals surface area contributed by atoms with E-state index in [2.05, 4.69) is 18.0 Å². The molecule has 0 atom stereocenters. The summed E-state index contributed by atoms with van der Waals surface area (Å²) >= 11 is 18.0. The van der Waals surface area contributed by atoms with Crippen molar-refractivity contribution in [2.75, 3.05) is 11.5 Å². The van der Waals surface area contributed by atoms with Gasteiger partial charge in [0.05, 0.1) is 0 Å². The molecule has 2 aromatic carbocycles. The minimum atomic E-state index is 0.747. The fourth-order valence-corrected chi connectivity index (χ4v) is 3.34. The summed E-state index contributed by atoms with van der Waals surface area (Å²) in [6.45, 7) is 0. The molecule has 0 aromatic heterocycles. The van der Waals surface area contributed by atoms with Gasteiger partial charge in [-0.1, -0.05) is 47.5 Å². The van der Waals surface area contributed by atoms with Gasteiger partial charge in [0.2, 0.25) is 0 Å². The van der Waals surface area contributed by atoms with Gasteiger partial charge in [0, 0.05) is 10.0 Å². The molecule has 0 amide bonds. The third-order valence-electron chi connectivity index (χ3n) is 2.93. The Labute approximate surface area is 146 Å². The Balaban J connectivity index is 2.29. The van der Waals surface area contributed by atoms with Crippen LogP contribution in [0.5, 0.6) is 0 Å². The van der Waals surface area contributed by atoms with E-state index in [0.717, 1.165) is 39.1 Å². The average Bonchev–Trinajstić information content (AvgIpc) is 2.50. The van der Waals surface area contributed by atoms with E-state index >= 15 is 0 Å². The van der Waals surface area contributed by atoms with Gasteiger partial charge in [0.15, 0.2) is 0 Å². The van der Waals surface area contributed by atoms with Gasteiger partial charge in [-0.3, -0.25) is 0 Å². The molecule has 2 aromatic rings. The number of halogens is 2. The summed E-state index contributed by atoms with van der Waals surface area (Å²) in [6.07, 6.45) is 1.10. The molecule has 0 spiro atoms. The van der Waals surface area contributed by atoms with Crippen LogP contribution < -0.4 is 0 Å². The lowest BCUT2D eigenvalue weighted by Gasteiger charge is -2.09. The smallest absolute Gasteiger partial charge is 0.0406 e. The van der Waals surface area contributed by atoms with Crippen LogP contribution in [0, 0.1) is 0 Å². The highest BCUT2D eigenvalue weighted by Crippen LogP contribution is 2.28. The fraction of sp³-hybridized carbons (Fsp3) is 0.176. The van der Waals surface area contributed by atoms with Crippen LogP contribution in [-0.2, 0) is 0 Å². The topological polar surface area (TPSA) is 0 Å². The van der Waals surface area contributed by atoms with Crippen molar-refractivity contribution < 1.29 is 0 Å². The van der Waals surface area contributed by atoms with Crippen molar-refractivity contribution in [3.05, 3.63) is 75.1 Å². The Kier molecular flexibility index (Phi) is 7.05. The normalized spacial score (nSPS) is 10.4. The zero-order valence-electron chi connectivity index (χ0n) is 11.4. The van der Waals surface area contributed by atoms with Crippen molar-refractivity contribution in [2.24, 2.45) is 0 Å². The predicted octanol–water partition coefficient (Wildman–Crippen LogP) is 6.44. The Morgan fingerprint density at radius 2 is 1.38 bits per heavy atom. The Morgan fingerprint density at radius 3 is 1.81 bits per heavy atom. The van der Waals surface area contributed by atoms with Crippen LogP contribution in [0.25, 0.3) is 5.57 Å². The monoisotopic (exact) mass is 354 g/mol. The third-order valence-corrected chi connectivity index (χ3v) is 4.68. The van der Waals surface area contributed by atoms with Crippen LogP contribution in [0.2, 0.25) is 10.0 Å². The summed E-state index contributed by atoms with van der Waals surface area (Å²) in [5.74, 6) is 1.98. The van der Waals surface area contributed by atoms with Gasteiger partial charge in [-0.05, 0) is 64.3 Å². The summed E-state index contributed by atoms with van der Waals surface area (Å²) in [7, 11) is 0. The van der Waals surface area contributed by atoms with E-state index in [4.69, 9.17) is 23.2 Å². The number of benzene rings is 2. The maximum Gasteiger partial charge on any atom is 0.0406 e. The van der Waals surface area contributed by atoms with E-state index in [0.29, 0.717) is 0 Å². The third kappa shape index (κ3) is 5.30. The molecule has 0 radical (unpaired) electrons. The van der Waals surface area contributed by atoms with Crippen LogP contribution in [0.15, 0.2) is 53.9 Å². The van der Waals surface area contributed by atoms with Crippen molar-refractivity contribution in [2.45, 2.75) is 6.42 Å². The molecule has 0 heterocycles. The first-order valence-electron chi connectivity index (χ1n) is 6.65. The lowest BCUT2D eigenvalue weighted by Crippen LogP contribution is -1.88. The zero-order valence-corrected chi connectivity index (χ0v) is 14.7. The molecule has 2 rings (SSSR count). The molecule has 0 aliphatic heterocycles. The minimum Gasteiger partial charge on any atom is -0.179 e. The van der Waals surface area contributed by atoms with E-state index in [-0.39, 0.29) is 0 Å². The molecule has 0 saturated carbocycles. The first-order valence-corrected chi connectivity index (χ1v) is 9.09. The Bertz CT molecular complexity index is 542. The highest BCUT2D eigenvalue weighted by molar-refractivity contribution is 8.02. The largest absolute Gasteiger partial charge is 0.179 e. The van der Waals surface area contributed by atoms with Crippen molar-refractivity contribution >= 4 is 53.2 Å². The second-order valence-electron chi connectivity index (χ2n) is 4.49. The molecule has 0 bridgehead atoms. The van der Waals surface area contributed by atoms with Crippen LogP contribution >= 0.6 is 47.6 Å². The zero-order chi connectivity index (χ0) is 15.1. The molecule has 0 N–H and O–H groups in total. The molecule has 0 aliphatic rings. The van der Waals surface area contributed by atoms with Crippen LogP contribution in [0.4, 0.5) is 0 Å². The SMILES string of the molecule is SCCCSC=C(c1ccc(Cl)cc1)c1ccc(Cl)cc1. The van der Waals surface area contributed by atoms with Crippen molar-refractivity contribution in [1.82, 2.24) is 0 Å². The molecule has 0 fully saturated rings. The van der Waals surface area contributed by atoms with Gasteiger partial charge < -0.3 is 0 Å². The van der Waals surface area contributed by atoms with Crippen LogP contribution in [0.1, 0.15) is 17.5 Å². The van der Waals surface area contributed by atoms with Gasteiger partial charge >= 0.3 is 0 Å². The molecular weight excluding hydrogens is 339 g/mol. The molecule has 21 heavy (non-hydrogen) atoms. The molecule has 0 saturated heterocycles. The molecule has 0 nitrogen and oxygen atoms in total. The first-order chi connectivity index (χ1) is 10.2. The number of hydrogen-bond acceptors (Lipinski definition) is 2. The van der Waals surface area contributed by atoms with Crippen LogP contribution in [0.3, 0.4) is 0 Å². The van der Waals surface area contributed by atoms with E-state index < -0.39 is 0 Å². The first kappa shape index (κ1) is 16.8. The van der Waals surface area contributed by atoms with E-state index in [1.807, 2.05) is 60.3 Å². The van der Waals surface area contributed by atoms with Gasteiger partial charge in [-0.15, -0.1) is 11.8 Å². The van der Waals surface area contributed by atoms with E-state index in [1.54, 1.807) is 0 Å². The van der Waals surface area contributed by atoms with Gasteiger partial charge in [-0.25, -0.2) is 0 Å². The number of rotatable bonds is 6. The predicted molar refractivity (Wildman–Crippen MR) is 101 cm³/mol.